The van der Waals surface area contributed by atoms with Crippen LogP contribution in [0.3, 0.4) is 0 Å². The molecule has 0 aromatic heterocycles. The van der Waals surface area contributed by atoms with E-state index in [4.69, 9.17) is 14.2 Å². The normalized spacial score (nSPS) is 19.7. The summed E-state index contributed by atoms with van der Waals surface area (Å²) in [5, 5.41) is 0. The minimum absolute atomic E-state index is 0.0560. The first kappa shape index (κ1) is 16.2. The van der Waals surface area contributed by atoms with Crippen molar-refractivity contribution in [3.63, 3.8) is 0 Å². The Bertz CT molecular complexity index is 683. The SMILES string of the molecule is O=C(OC[C@H]1OCC[C@@H]1OC(=O)c1ccccc1)c1ccccc1. The minimum atomic E-state index is -0.440. The lowest BCUT2D eigenvalue weighted by molar-refractivity contribution is -0.0282. The summed E-state index contributed by atoms with van der Waals surface area (Å²) < 4.78 is 16.3. The van der Waals surface area contributed by atoms with Crippen LogP contribution >= 0.6 is 0 Å². The predicted octanol–water partition coefficient (Wildman–Crippen LogP) is 2.86. The third-order valence-electron chi connectivity index (χ3n) is 3.81. The standard InChI is InChI=1S/C19H18O5/c20-18(14-7-3-1-4-8-14)23-13-17-16(11-12-22-17)24-19(21)15-9-5-2-6-10-15/h1-10,16-17H,11-13H2/t16-,17+/m0/s1. The van der Waals surface area contributed by atoms with Crippen LogP contribution in [-0.2, 0) is 14.2 Å². The van der Waals surface area contributed by atoms with Crippen LogP contribution in [0.5, 0.6) is 0 Å². The highest BCUT2D eigenvalue weighted by Crippen LogP contribution is 2.19. The molecule has 0 aliphatic carbocycles. The van der Waals surface area contributed by atoms with Crippen LogP contribution in [0.25, 0.3) is 0 Å². The summed E-state index contributed by atoms with van der Waals surface area (Å²) in [6.45, 7) is 0.529. The van der Waals surface area contributed by atoms with Gasteiger partial charge in [-0.15, -0.1) is 0 Å². The fourth-order valence-corrected chi connectivity index (χ4v) is 2.51. The highest BCUT2D eigenvalue weighted by molar-refractivity contribution is 5.90. The van der Waals surface area contributed by atoms with Gasteiger partial charge in [0, 0.05) is 6.42 Å². The second-order valence-corrected chi connectivity index (χ2v) is 5.47. The monoisotopic (exact) mass is 326 g/mol. The quantitative estimate of drug-likeness (QED) is 0.791. The molecule has 0 spiro atoms. The highest BCUT2D eigenvalue weighted by Gasteiger charge is 2.33. The van der Waals surface area contributed by atoms with Crippen molar-refractivity contribution in [2.45, 2.75) is 18.6 Å². The minimum Gasteiger partial charge on any atom is -0.459 e. The average Bonchev–Trinajstić information content (AvgIpc) is 3.08. The van der Waals surface area contributed by atoms with E-state index in [2.05, 4.69) is 0 Å². The second kappa shape index (κ2) is 7.75. The maximum absolute atomic E-state index is 12.1. The van der Waals surface area contributed by atoms with Crippen molar-refractivity contribution in [2.24, 2.45) is 0 Å². The zero-order valence-electron chi connectivity index (χ0n) is 13.1. The van der Waals surface area contributed by atoms with E-state index in [-0.39, 0.29) is 6.61 Å². The van der Waals surface area contributed by atoms with E-state index in [1.165, 1.54) is 0 Å². The first-order valence-corrected chi connectivity index (χ1v) is 7.84. The van der Waals surface area contributed by atoms with Gasteiger partial charge in [0.2, 0.25) is 0 Å². The van der Waals surface area contributed by atoms with Gasteiger partial charge in [-0.1, -0.05) is 36.4 Å². The molecule has 1 aliphatic rings. The Morgan fingerprint density at radius 2 is 1.50 bits per heavy atom. The third kappa shape index (κ3) is 4.00. The maximum atomic E-state index is 12.1. The van der Waals surface area contributed by atoms with Gasteiger partial charge in [-0.05, 0) is 24.3 Å². The summed E-state index contributed by atoms with van der Waals surface area (Å²) in [7, 11) is 0. The van der Waals surface area contributed by atoms with Crippen LogP contribution < -0.4 is 0 Å². The summed E-state index contributed by atoms with van der Waals surface area (Å²) in [5.41, 5.74) is 0.970. The first-order valence-electron chi connectivity index (χ1n) is 7.84. The van der Waals surface area contributed by atoms with Gasteiger partial charge in [0.25, 0.3) is 0 Å². The van der Waals surface area contributed by atoms with E-state index in [1.807, 2.05) is 12.1 Å². The van der Waals surface area contributed by atoms with E-state index in [9.17, 15) is 9.59 Å². The molecule has 0 radical (unpaired) electrons. The van der Waals surface area contributed by atoms with E-state index < -0.39 is 24.1 Å². The molecular formula is C19H18O5. The molecular weight excluding hydrogens is 308 g/mol. The van der Waals surface area contributed by atoms with Crippen LogP contribution in [-0.4, -0.2) is 37.4 Å². The number of hydrogen-bond acceptors (Lipinski definition) is 5. The zero-order valence-corrected chi connectivity index (χ0v) is 13.1. The lowest BCUT2D eigenvalue weighted by Crippen LogP contribution is -2.32. The van der Waals surface area contributed by atoms with Crippen molar-refractivity contribution in [3.8, 4) is 0 Å². The van der Waals surface area contributed by atoms with E-state index >= 15 is 0 Å². The molecule has 24 heavy (non-hydrogen) atoms. The lowest BCUT2D eigenvalue weighted by Gasteiger charge is -2.19. The molecule has 0 bridgehead atoms. The summed E-state index contributed by atoms with van der Waals surface area (Å²) in [5.74, 6) is -0.815. The van der Waals surface area contributed by atoms with Crippen molar-refractivity contribution in [1.82, 2.24) is 0 Å². The number of rotatable bonds is 5. The van der Waals surface area contributed by atoms with Gasteiger partial charge in [0.05, 0.1) is 17.7 Å². The zero-order chi connectivity index (χ0) is 16.8. The predicted molar refractivity (Wildman–Crippen MR) is 86.7 cm³/mol. The van der Waals surface area contributed by atoms with Gasteiger partial charge in [0.15, 0.2) is 0 Å². The molecule has 124 valence electrons. The molecule has 1 fully saturated rings. The van der Waals surface area contributed by atoms with Crippen LogP contribution in [0.1, 0.15) is 27.1 Å². The molecule has 5 heteroatoms. The van der Waals surface area contributed by atoms with Crippen molar-refractivity contribution < 1.29 is 23.8 Å². The lowest BCUT2D eigenvalue weighted by atomic mass is 10.2. The van der Waals surface area contributed by atoms with Gasteiger partial charge in [-0.3, -0.25) is 0 Å². The Balaban J connectivity index is 1.54. The Hall–Kier alpha value is -2.66. The largest absolute Gasteiger partial charge is 0.459 e. The van der Waals surface area contributed by atoms with Gasteiger partial charge >= 0.3 is 11.9 Å². The maximum Gasteiger partial charge on any atom is 0.338 e. The Labute approximate surface area is 140 Å². The average molecular weight is 326 g/mol. The summed E-state index contributed by atoms with van der Waals surface area (Å²) in [6.07, 6.45) is -0.266. The van der Waals surface area contributed by atoms with Crippen molar-refractivity contribution in [1.29, 1.82) is 0 Å². The van der Waals surface area contributed by atoms with Crippen LogP contribution in [0.15, 0.2) is 60.7 Å². The van der Waals surface area contributed by atoms with Crippen LogP contribution in [0.2, 0.25) is 0 Å². The second-order valence-electron chi connectivity index (χ2n) is 5.47. The Morgan fingerprint density at radius 3 is 2.12 bits per heavy atom. The molecule has 0 N–H and O–H groups in total. The fourth-order valence-electron chi connectivity index (χ4n) is 2.51. The molecule has 1 heterocycles. The molecule has 1 saturated heterocycles. The topological polar surface area (TPSA) is 61.8 Å². The number of carbonyl (C=O) groups excluding carboxylic acids is 2. The van der Waals surface area contributed by atoms with Gasteiger partial charge in [-0.2, -0.15) is 0 Å². The number of benzene rings is 2. The Morgan fingerprint density at radius 1 is 0.917 bits per heavy atom. The summed E-state index contributed by atoms with van der Waals surface area (Å²) >= 11 is 0. The van der Waals surface area contributed by atoms with Crippen molar-refractivity contribution in [2.75, 3.05) is 13.2 Å². The number of carbonyl (C=O) groups is 2. The van der Waals surface area contributed by atoms with E-state index in [0.717, 1.165) is 0 Å². The van der Waals surface area contributed by atoms with Crippen molar-refractivity contribution in [3.05, 3.63) is 71.8 Å². The summed E-state index contributed by atoms with van der Waals surface area (Å²) in [4.78, 5) is 24.1. The van der Waals surface area contributed by atoms with Gasteiger partial charge in [0.1, 0.15) is 18.8 Å². The third-order valence-corrected chi connectivity index (χ3v) is 3.81. The highest BCUT2D eigenvalue weighted by atomic mass is 16.6. The first-order chi connectivity index (χ1) is 11.7. The molecule has 2 aromatic rings. The molecule has 0 saturated carbocycles. The van der Waals surface area contributed by atoms with E-state index in [1.54, 1.807) is 48.5 Å². The number of ether oxygens (including phenoxy) is 3. The molecule has 2 aromatic carbocycles. The van der Waals surface area contributed by atoms with Crippen LogP contribution in [0.4, 0.5) is 0 Å². The van der Waals surface area contributed by atoms with Crippen molar-refractivity contribution >= 4 is 11.9 Å². The molecule has 1 aliphatic heterocycles. The molecule has 3 rings (SSSR count). The van der Waals surface area contributed by atoms with Gasteiger partial charge < -0.3 is 14.2 Å². The number of esters is 2. The smallest absolute Gasteiger partial charge is 0.338 e. The molecule has 2 atom stereocenters. The molecule has 0 amide bonds. The Kier molecular flexibility index (Phi) is 5.23. The van der Waals surface area contributed by atoms with Crippen LogP contribution in [0, 0.1) is 0 Å². The van der Waals surface area contributed by atoms with Gasteiger partial charge in [-0.25, -0.2) is 9.59 Å². The summed E-state index contributed by atoms with van der Waals surface area (Å²) in [6, 6.07) is 17.5. The number of hydrogen-bond donors (Lipinski definition) is 0. The fraction of sp³-hybridized carbons (Fsp3) is 0.263. The van der Waals surface area contributed by atoms with E-state index in [0.29, 0.717) is 24.2 Å². The molecule has 0 unspecified atom stereocenters. The molecule has 5 nitrogen and oxygen atoms in total.